The van der Waals surface area contributed by atoms with Crippen LogP contribution in [0.5, 0.6) is 0 Å². The van der Waals surface area contributed by atoms with Gasteiger partial charge >= 0.3 is 0 Å². The van der Waals surface area contributed by atoms with Gasteiger partial charge in [-0.05, 0) is 19.4 Å². The number of benzene rings is 1. The molecule has 1 fully saturated rings. The van der Waals surface area contributed by atoms with Gasteiger partial charge < -0.3 is 5.32 Å². The minimum absolute atomic E-state index is 0.00347. The van der Waals surface area contributed by atoms with Gasteiger partial charge in [0.1, 0.15) is 4.90 Å². The Kier molecular flexibility index (Phi) is 5.23. The molecule has 0 spiro atoms. The fourth-order valence-electron chi connectivity index (χ4n) is 2.93. The molecule has 0 aliphatic carbocycles. The monoisotopic (exact) mass is 346 g/mol. The summed E-state index contributed by atoms with van der Waals surface area (Å²) in [5.74, 6) is 0.527. The fraction of sp³-hybridized carbons (Fsp3) is 0.412. The lowest BCUT2D eigenvalue weighted by atomic mass is 10.2. The predicted molar refractivity (Wildman–Crippen MR) is 92.9 cm³/mol. The van der Waals surface area contributed by atoms with Crippen LogP contribution >= 0.6 is 0 Å². The Morgan fingerprint density at radius 3 is 2.50 bits per heavy atom. The number of nitrogens with zero attached hydrogens (tertiary/aromatic N) is 3. The maximum absolute atomic E-state index is 13.0. The predicted octanol–water partition coefficient (Wildman–Crippen LogP) is 1.91. The lowest BCUT2D eigenvalue weighted by Gasteiger charge is -2.27. The second-order valence-electron chi connectivity index (χ2n) is 5.87. The Morgan fingerprint density at radius 2 is 1.92 bits per heavy atom. The summed E-state index contributed by atoms with van der Waals surface area (Å²) in [5.41, 5.74) is 0.867. The van der Waals surface area contributed by atoms with Gasteiger partial charge in [0.2, 0.25) is 10.0 Å². The summed E-state index contributed by atoms with van der Waals surface area (Å²) in [4.78, 5) is 8.66. The molecule has 1 aromatic heterocycles. The third-order valence-corrected chi connectivity index (χ3v) is 6.06. The third kappa shape index (κ3) is 3.48. The van der Waals surface area contributed by atoms with Crippen LogP contribution in [0.2, 0.25) is 0 Å². The van der Waals surface area contributed by atoms with E-state index in [2.05, 4.69) is 15.3 Å². The van der Waals surface area contributed by atoms with Gasteiger partial charge in [0.25, 0.3) is 0 Å². The largest absolute Gasteiger partial charge is 0.315 e. The maximum atomic E-state index is 13.0. The zero-order valence-corrected chi connectivity index (χ0v) is 14.5. The van der Waals surface area contributed by atoms with Crippen LogP contribution < -0.4 is 5.32 Å². The van der Waals surface area contributed by atoms with Crippen molar-refractivity contribution < 1.29 is 8.42 Å². The molecular formula is C17H22N4O2S. The number of hydrogen-bond donors (Lipinski definition) is 1. The quantitative estimate of drug-likeness (QED) is 0.865. The lowest BCUT2D eigenvalue weighted by Crippen LogP contribution is -2.42. The molecule has 2 aromatic rings. The van der Waals surface area contributed by atoms with Crippen LogP contribution in [0.3, 0.4) is 0 Å². The highest BCUT2D eigenvalue weighted by atomic mass is 32.2. The Labute approximate surface area is 143 Å². The molecule has 1 aromatic carbocycles. The van der Waals surface area contributed by atoms with Crippen LogP contribution in [0, 0.1) is 0 Å². The van der Waals surface area contributed by atoms with Crippen molar-refractivity contribution in [2.45, 2.75) is 30.7 Å². The summed E-state index contributed by atoms with van der Waals surface area (Å²) in [6.07, 6.45) is 4.44. The molecule has 1 saturated heterocycles. The highest BCUT2D eigenvalue weighted by Crippen LogP contribution is 2.22. The number of hydrogen-bond acceptors (Lipinski definition) is 5. The molecule has 128 valence electrons. The van der Waals surface area contributed by atoms with Crippen LogP contribution in [0.25, 0.3) is 11.4 Å². The van der Waals surface area contributed by atoms with Crippen molar-refractivity contribution in [1.29, 1.82) is 0 Å². The standard InChI is InChI=1S/C17H22N4O2S/c1-2-10-21(15-8-9-18-11-15)24(22,23)16-12-19-17(20-13-16)14-6-4-3-5-7-14/h3-7,12-13,15,18H,2,8-11H2,1H3. The van der Waals surface area contributed by atoms with Gasteiger partial charge in [-0.25, -0.2) is 18.4 Å². The number of nitrogens with one attached hydrogen (secondary N) is 1. The zero-order chi connectivity index (χ0) is 17.0. The molecule has 0 radical (unpaired) electrons. The third-order valence-electron chi connectivity index (χ3n) is 4.15. The molecule has 7 heteroatoms. The second kappa shape index (κ2) is 7.38. The summed E-state index contributed by atoms with van der Waals surface area (Å²) in [6.45, 7) is 4.04. The number of rotatable bonds is 6. The van der Waals surface area contributed by atoms with Crippen molar-refractivity contribution in [3.05, 3.63) is 42.7 Å². The van der Waals surface area contributed by atoms with Crippen molar-refractivity contribution >= 4 is 10.0 Å². The topological polar surface area (TPSA) is 75.2 Å². The van der Waals surface area contributed by atoms with Crippen LogP contribution in [-0.2, 0) is 10.0 Å². The second-order valence-corrected chi connectivity index (χ2v) is 7.76. The van der Waals surface area contributed by atoms with Gasteiger partial charge in [-0.2, -0.15) is 4.31 Å². The van der Waals surface area contributed by atoms with Gasteiger partial charge in [-0.3, -0.25) is 0 Å². The molecule has 0 amide bonds. The van der Waals surface area contributed by atoms with E-state index >= 15 is 0 Å². The molecule has 0 saturated carbocycles. The molecular weight excluding hydrogens is 324 g/mol. The Morgan fingerprint density at radius 1 is 1.21 bits per heavy atom. The first-order chi connectivity index (χ1) is 11.6. The first kappa shape index (κ1) is 17.0. The molecule has 1 atom stereocenters. The summed E-state index contributed by atoms with van der Waals surface area (Å²) in [7, 11) is -3.58. The molecule has 1 aliphatic rings. The van der Waals surface area contributed by atoms with E-state index in [9.17, 15) is 8.42 Å². The summed E-state index contributed by atoms with van der Waals surface area (Å²) in [6, 6.07) is 9.52. The maximum Gasteiger partial charge on any atom is 0.246 e. The first-order valence-electron chi connectivity index (χ1n) is 8.23. The molecule has 0 bridgehead atoms. The normalized spacial score (nSPS) is 18.2. The molecule has 1 N–H and O–H groups in total. The average Bonchev–Trinajstić information content (AvgIpc) is 3.14. The van der Waals surface area contributed by atoms with Crippen molar-refractivity contribution in [2.24, 2.45) is 0 Å². The minimum atomic E-state index is -3.58. The van der Waals surface area contributed by atoms with Crippen LogP contribution in [0.4, 0.5) is 0 Å². The lowest BCUT2D eigenvalue weighted by molar-refractivity contribution is 0.335. The molecule has 24 heavy (non-hydrogen) atoms. The number of sulfonamides is 1. The van der Waals surface area contributed by atoms with E-state index in [1.165, 1.54) is 12.4 Å². The highest BCUT2D eigenvalue weighted by Gasteiger charge is 2.33. The van der Waals surface area contributed by atoms with Gasteiger partial charge in [0, 0.05) is 24.7 Å². The van der Waals surface area contributed by atoms with Crippen molar-refractivity contribution in [3.8, 4) is 11.4 Å². The van der Waals surface area contributed by atoms with E-state index in [0.29, 0.717) is 18.9 Å². The smallest absolute Gasteiger partial charge is 0.246 e. The summed E-state index contributed by atoms with van der Waals surface area (Å²) < 4.78 is 27.5. The van der Waals surface area contributed by atoms with Crippen molar-refractivity contribution in [3.63, 3.8) is 0 Å². The molecule has 1 unspecified atom stereocenters. The fourth-order valence-corrected chi connectivity index (χ4v) is 4.56. The van der Waals surface area contributed by atoms with Crippen LogP contribution in [0.15, 0.2) is 47.6 Å². The van der Waals surface area contributed by atoms with Crippen LogP contribution in [0.1, 0.15) is 19.8 Å². The molecule has 1 aliphatic heterocycles. The SMILES string of the molecule is CCCN(C1CCNC1)S(=O)(=O)c1cnc(-c2ccccc2)nc1. The zero-order valence-electron chi connectivity index (χ0n) is 13.7. The summed E-state index contributed by atoms with van der Waals surface area (Å²) in [5, 5.41) is 3.23. The van der Waals surface area contributed by atoms with Crippen LogP contribution in [-0.4, -0.2) is 48.4 Å². The Hall–Kier alpha value is -1.83. The highest BCUT2D eigenvalue weighted by molar-refractivity contribution is 7.89. The molecule has 3 rings (SSSR count). The molecule has 2 heterocycles. The minimum Gasteiger partial charge on any atom is -0.315 e. The van der Waals surface area contributed by atoms with Crippen molar-refractivity contribution in [1.82, 2.24) is 19.6 Å². The van der Waals surface area contributed by atoms with E-state index in [1.54, 1.807) is 4.31 Å². The van der Waals surface area contributed by atoms with E-state index < -0.39 is 10.0 Å². The van der Waals surface area contributed by atoms with Gasteiger partial charge in [-0.1, -0.05) is 37.3 Å². The van der Waals surface area contributed by atoms with E-state index in [0.717, 1.165) is 24.9 Å². The van der Waals surface area contributed by atoms with E-state index in [-0.39, 0.29) is 10.9 Å². The van der Waals surface area contributed by atoms with E-state index in [4.69, 9.17) is 0 Å². The van der Waals surface area contributed by atoms with Crippen molar-refractivity contribution in [2.75, 3.05) is 19.6 Å². The first-order valence-corrected chi connectivity index (χ1v) is 9.67. The Balaban J connectivity index is 1.88. The Bertz CT molecular complexity index is 757. The van der Waals surface area contributed by atoms with Gasteiger partial charge in [0.15, 0.2) is 5.82 Å². The average molecular weight is 346 g/mol. The van der Waals surface area contributed by atoms with E-state index in [1.807, 2.05) is 37.3 Å². The van der Waals surface area contributed by atoms with Gasteiger partial charge in [-0.15, -0.1) is 0 Å². The van der Waals surface area contributed by atoms with Gasteiger partial charge in [0.05, 0.1) is 12.4 Å². The number of aromatic nitrogens is 2. The molecule has 6 nitrogen and oxygen atoms in total. The summed E-state index contributed by atoms with van der Waals surface area (Å²) >= 11 is 0.